The first-order chi connectivity index (χ1) is 9.94. The molecule has 21 heavy (non-hydrogen) atoms. The first kappa shape index (κ1) is 16.5. The number of carboxylic acid groups (broad SMARTS) is 1. The molecule has 0 saturated heterocycles. The summed E-state index contributed by atoms with van der Waals surface area (Å²) >= 11 is 2.07. The van der Waals surface area contributed by atoms with Crippen LogP contribution in [0, 0.1) is 5.92 Å². The summed E-state index contributed by atoms with van der Waals surface area (Å²) in [5, 5.41) is 16.3. The number of nitrogens with zero attached hydrogens (tertiary/aromatic N) is 2. The van der Waals surface area contributed by atoms with Gasteiger partial charge in [0.2, 0.25) is 15.2 Å². The average Bonchev–Trinajstić information content (AvgIpc) is 2.83. The van der Waals surface area contributed by atoms with Crippen molar-refractivity contribution < 1.29 is 18.3 Å². The monoisotopic (exact) mass is 351 g/mol. The largest absolute Gasteiger partial charge is 0.481 e. The number of anilines is 1. The summed E-state index contributed by atoms with van der Waals surface area (Å²) in [5.41, 5.74) is 0. The molecule has 1 heterocycles. The Morgan fingerprint density at radius 2 is 2.05 bits per heavy atom. The molecule has 2 N–H and O–H groups in total. The third-order valence-corrected chi connectivity index (χ3v) is 6.65. The molecule has 0 radical (unpaired) electrons. The predicted octanol–water partition coefficient (Wildman–Crippen LogP) is 2.04. The van der Waals surface area contributed by atoms with Gasteiger partial charge in [-0.25, -0.2) is 8.42 Å². The van der Waals surface area contributed by atoms with Gasteiger partial charge in [-0.3, -0.25) is 9.52 Å². The fourth-order valence-electron chi connectivity index (χ4n) is 2.27. The second kappa shape index (κ2) is 7.41. The molecule has 1 aromatic heterocycles. The van der Waals surface area contributed by atoms with Crippen LogP contribution in [0.3, 0.4) is 0 Å². The van der Waals surface area contributed by atoms with Crippen LogP contribution in [-0.2, 0) is 14.8 Å². The van der Waals surface area contributed by atoms with Crippen molar-refractivity contribution in [1.82, 2.24) is 10.2 Å². The van der Waals surface area contributed by atoms with Crippen molar-refractivity contribution in [2.24, 2.45) is 5.92 Å². The van der Waals surface area contributed by atoms with Gasteiger partial charge < -0.3 is 5.11 Å². The van der Waals surface area contributed by atoms with E-state index in [1.54, 1.807) is 0 Å². The number of carboxylic acids is 1. The molecular formula is C11H17N3O4S3. The smallest absolute Gasteiger partial charge is 0.313 e. The standard InChI is InChI=1S/C11H17N3O4S3/c15-9(16)6-19-11-13-12-10(20-11)14-21(17,18)7-8-4-2-1-3-5-8/h8H,1-7H2,(H,12,14)(H,15,16). The van der Waals surface area contributed by atoms with Gasteiger partial charge in [0.25, 0.3) is 0 Å². The summed E-state index contributed by atoms with van der Waals surface area (Å²) in [6.45, 7) is 0. The number of aromatic nitrogens is 2. The van der Waals surface area contributed by atoms with E-state index in [9.17, 15) is 13.2 Å². The van der Waals surface area contributed by atoms with Gasteiger partial charge in [-0.05, 0) is 18.8 Å². The van der Waals surface area contributed by atoms with Crippen molar-refractivity contribution in [1.29, 1.82) is 0 Å². The summed E-state index contributed by atoms with van der Waals surface area (Å²) in [6, 6.07) is 0. The molecule has 0 aliphatic heterocycles. The van der Waals surface area contributed by atoms with Crippen LogP contribution in [0.25, 0.3) is 0 Å². The van der Waals surface area contributed by atoms with Crippen molar-refractivity contribution in [3.63, 3.8) is 0 Å². The van der Waals surface area contributed by atoms with E-state index in [1.807, 2.05) is 0 Å². The molecule has 0 spiro atoms. The Balaban J connectivity index is 1.88. The van der Waals surface area contributed by atoms with Crippen molar-refractivity contribution >= 4 is 44.2 Å². The quantitative estimate of drug-likeness (QED) is 0.723. The van der Waals surface area contributed by atoms with Gasteiger partial charge in [-0.2, -0.15) is 0 Å². The number of hydrogen-bond donors (Lipinski definition) is 2. The summed E-state index contributed by atoms with van der Waals surface area (Å²) in [5.74, 6) is -0.743. The van der Waals surface area contributed by atoms with Gasteiger partial charge >= 0.3 is 5.97 Å². The van der Waals surface area contributed by atoms with Gasteiger partial charge in [0, 0.05) is 0 Å². The van der Waals surface area contributed by atoms with Crippen molar-refractivity contribution in [3.8, 4) is 0 Å². The third kappa shape index (κ3) is 5.79. The number of hydrogen-bond acceptors (Lipinski definition) is 7. The zero-order chi connectivity index (χ0) is 15.3. The zero-order valence-corrected chi connectivity index (χ0v) is 13.8. The number of carbonyl (C=O) groups is 1. The summed E-state index contributed by atoms with van der Waals surface area (Å²) in [4.78, 5) is 10.5. The van der Waals surface area contributed by atoms with Crippen LogP contribution in [-0.4, -0.2) is 41.2 Å². The van der Waals surface area contributed by atoms with Crippen LogP contribution >= 0.6 is 23.1 Å². The highest BCUT2D eigenvalue weighted by Crippen LogP contribution is 2.28. The SMILES string of the molecule is O=C(O)CSc1nnc(NS(=O)(=O)CC2CCCCC2)s1. The summed E-state index contributed by atoms with van der Waals surface area (Å²) < 4.78 is 27.0. The molecule has 0 atom stereocenters. The van der Waals surface area contributed by atoms with Gasteiger partial charge in [-0.15, -0.1) is 10.2 Å². The Bertz CT molecular complexity index is 581. The first-order valence-corrected chi connectivity index (χ1v) is 10.1. The lowest BCUT2D eigenvalue weighted by Gasteiger charge is -2.21. The van der Waals surface area contributed by atoms with E-state index in [-0.39, 0.29) is 22.6 Å². The molecule has 10 heteroatoms. The molecule has 0 unspecified atom stereocenters. The van der Waals surface area contributed by atoms with Crippen LogP contribution in [0.15, 0.2) is 4.34 Å². The molecule has 7 nitrogen and oxygen atoms in total. The van der Waals surface area contributed by atoms with E-state index in [0.717, 1.165) is 48.8 Å². The predicted molar refractivity (Wildman–Crippen MR) is 82.3 cm³/mol. The number of thioether (sulfide) groups is 1. The minimum Gasteiger partial charge on any atom is -0.481 e. The van der Waals surface area contributed by atoms with E-state index < -0.39 is 16.0 Å². The van der Waals surface area contributed by atoms with Gasteiger partial charge in [-0.1, -0.05) is 42.4 Å². The Labute approximate surface area is 131 Å². The molecule has 0 amide bonds. The second-order valence-corrected chi connectivity index (χ2v) is 8.91. The first-order valence-electron chi connectivity index (χ1n) is 6.63. The fraction of sp³-hybridized carbons (Fsp3) is 0.727. The van der Waals surface area contributed by atoms with Crippen molar-refractivity contribution in [2.75, 3.05) is 16.2 Å². The molecule has 1 aromatic rings. The minimum absolute atomic E-state index is 0.115. The molecule has 1 saturated carbocycles. The Kier molecular flexibility index (Phi) is 5.82. The topological polar surface area (TPSA) is 109 Å². The number of rotatable bonds is 7. The molecule has 1 aliphatic carbocycles. The molecule has 0 bridgehead atoms. The van der Waals surface area contributed by atoms with Crippen molar-refractivity contribution in [3.05, 3.63) is 0 Å². The minimum atomic E-state index is -3.42. The lowest BCUT2D eigenvalue weighted by atomic mass is 9.91. The van der Waals surface area contributed by atoms with Crippen molar-refractivity contribution in [2.45, 2.75) is 36.4 Å². The maximum Gasteiger partial charge on any atom is 0.313 e. The lowest BCUT2D eigenvalue weighted by molar-refractivity contribution is -0.133. The molecular weight excluding hydrogens is 334 g/mol. The molecule has 2 rings (SSSR count). The van der Waals surface area contributed by atoms with Crippen LogP contribution in [0.4, 0.5) is 5.13 Å². The van der Waals surface area contributed by atoms with Crippen LogP contribution < -0.4 is 4.72 Å². The maximum atomic E-state index is 12.1. The maximum absolute atomic E-state index is 12.1. The molecule has 1 aliphatic rings. The lowest BCUT2D eigenvalue weighted by Crippen LogP contribution is -2.24. The average molecular weight is 351 g/mol. The Morgan fingerprint density at radius 3 is 2.71 bits per heavy atom. The second-order valence-electron chi connectivity index (χ2n) is 4.94. The highest BCUT2D eigenvalue weighted by Gasteiger charge is 2.22. The van der Waals surface area contributed by atoms with Gasteiger partial charge in [0.15, 0.2) is 4.34 Å². The number of sulfonamides is 1. The number of nitrogens with one attached hydrogen (secondary N) is 1. The van der Waals surface area contributed by atoms with E-state index in [1.165, 1.54) is 6.42 Å². The number of aliphatic carboxylic acids is 1. The summed E-state index contributed by atoms with van der Waals surface area (Å²) in [6.07, 6.45) is 5.28. The molecule has 1 fully saturated rings. The highest BCUT2D eigenvalue weighted by atomic mass is 32.2. The van der Waals surface area contributed by atoms with Crippen LogP contribution in [0.1, 0.15) is 32.1 Å². The van der Waals surface area contributed by atoms with Crippen LogP contribution in [0.2, 0.25) is 0 Å². The van der Waals surface area contributed by atoms with E-state index >= 15 is 0 Å². The fourth-order valence-corrected chi connectivity index (χ4v) is 5.49. The normalized spacial score (nSPS) is 16.8. The Hall–Kier alpha value is -0.870. The molecule has 118 valence electrons. The third-order valence-electron chi connectivity index (χ3n) is 3.15. The molecule has 0 aromatic carbocycles. The van der Waals surface area contributed by atoms with Gasteiger partial charge in [0.1, 0.15) is 0 Å². The van der Waals surface area contributed by atoms with E-state index in [0.29, 0.717) is 4.34 Å². The van der Waals surface area contributed by atoms with Crippen LogP contribution in [0.5, 0.6) is 0 Å². The van der Waals surface area contributed by atoms with Gasteiger partial charge in [0.05, 0.1) is 11.5 Å². The zero-order valence-electron chi connectivity index (χ0n) is 11.3. The Morgan fingerprint density at radius 1 is 1.33 bits per heavy atom. The van der Waals surface area contributed by atoms with E-state index in [2.05, 4.69) is 14.9 Å². The highest BCUT2D eigenvalue weighted by molar-refractivity contribution is 8.01. The van der Waals surface area contributed by atoms with E-state index in [4.69, 9.17) is 5.11 Å². The summed E-state index contributed by atoms with van der Waals surface area (Å²) in [7, 11) is -3.42.